The highest BCUT2D eigenvalue weighted by Crippen LogP contribution is 2.19. The minimum atomic E-state index is -0.602. The van der Waals surface area contributed by atoms with Crippen molar-refractivity contribution in [3.63, 3.8) is 0 Å². The van der Waals surface area contributed by atoms with Crippen LogP contribution in [0.5, 0.6) is 0 Å². The van der Waals surface area contributed by atoms with E-state index in [1.165, 1.54) is 26.7 Å². The summed E-state index contributed by atoms with van der Waals surface area (Å²) in [6.45, 7) is 4.21. The first-order valence-corrected chi connectivity index (χ1v) is 9.85. The summed E-state index contributed by atoms with van der Waals surface area (Å²) in [7, 11) is 0. The zero-order chi connectivity index (χ0) is 19.8. The summed E-state index contributed by atoms with van der Waals surface area (Å²) in [5.41, 5.74) is 1.30. The van der Waals surface area contributed by atoms with Gasteiger partial charge in [0.25, 0.3) is 5.56 Å². The van der Waals surface area contributed by atoms with Gasteiger partial charge in [-0.05, 0) is 19.4 Å². The van der Waals surface area contributed by atoms with Gasteiger partial charge in [0.15, 0.2) is 4.96 Å². The zero-order valence-electron chi connectivity index (χ0n) is 15.7. The van der Waals surface area contributed by atoms with Crippen molar-refractivity contribution in [3.05, 3.63) is 69.1 Å². The molecule has 1 aliphatic heterocycles. The van der Waals surface area contributed by atoms with Crippen molar-refractivity contribution in [1.29, 1.82) is 0 Å². The average Bonchev–Trinajstić information content (AvgIpc) is 3.05. The van der Waals surface area contributed by atoms with Crippen LogP contribution in [0.25, 0.3) is 4.96 Å². The average molecular weight is 396 g/mol. The van der Waals surface area contributed by atoms with Crippen molar-refractivity contribution < 1.29 is 9.59 Å². The van der Waals surface area contributed by atoms with Gasteiger partial charge in [0.2, 0.25) is 11.8 Å². The molecule has 0 radical (unpaired) electrons. The smallest absolute Gasteiger partial charge is 0.258 e. The predicted octanol–water partition coefficient (Wildman–Crippen LogP) is 1.82. The highest BCUT2D eigenvalue weighted by molar-refractivity contribution is 7.16. The van der Waals surface area contributed by atoms with E-state index < -0.39 is 6.04 Å². The van der Waals surface area contributed by atoms with E-state index in [0.29, 0.717) is 17.2 Å². The fraction of sp³-hybridized carbons (Fsp3) is 0.300. The number of hydrogen-bond donors (Lipinski definition) is 0. The van der Waals surface area contributed by atoms with Gasteiger partial charge in [0, 0.05) is 23.7 Å². The Balaban J connectivity index is 1.54. The van der Waals surface area contributed by atoms with E-state index in [-0.39, 0.29) is 30.5 Å². The second kappa shape index (κ2) is 7.20. The third kappa shape index (κ3) is 3.43. The Kier molecular flexibility index (Phi) is 4.72. The van der Waals surface area contributed by atoms with Crippen LogP contribution in [0.2, 0.25) is 0 Å². The van der Waals surface area contributed by atoms with Crippen LogP contribution in [0.15, 0.2) is 47.4 Å². The van der Waals surface area contributed by atoms with E-state index in [0.717, 1.165) is 10.4 Å². The normalized spacial score (nSPS) is 17.6. The second-order valence-corrected chi connectivity index (χ2v) is 8.17. The van der Waals surface area contributed by atoms with E-state index in [1.54, 1.807) is 18.0 Å². The molecule has 0 unspecified atom stereocenters. The highest BCUT2D eigenvalue weighted by Gasteiger charge is 2.36. The van der Waals surface area contributed by atoms with Gasteiger partial charge in [0.05, 0.1) is 12.2 Å². The summed E-state index contributed by atoms with van der Waals surface area (Å²) in [4.78, 5) is 47.0. The number of carbonyl (C=O) groups is 2. The van der Waals surface area contributed by atoms with Gasteiger partial charge in [-0.15, -0.1) is 11.3 Å². The van der Waals surface area contributed by atoms with Crippen LogP contribution in [-0.4, -0.2) is 43.6 Å². The molecule has 0 saturated carbocycles. The van der Waals surface area contributed by atoms with Crippen LogP contribution in [-0.2, 0) is 22.7 Å². The van der Waals surface area contributed by atoms with E-state index >= 15 is 0 Å². The number of nitrogens with zero attached hydrogens (tertiary/aromatic N) is 4. The molecule has 7 nitrogen and oxygen atoms in total. The summed E-state index contributed by atoms with van der Waals surface area (Å²) >= 11 is 1.42. The van der Waals surface area contributed by atoms with Gasteiger partial charge in [-0.25, -0.2) is 4.98 Å². The first-order chi connectivity index (χ1) is 13.4. The van der Waals surface area contributed by atoms with Crippen molar-refractivity contribution >= 4 is 28.1 Å². The predicted molar refractivity (Wildman–Crippen MR) is 106 cm³/mol. The molecule has 1 aliphatic rings. The SMILES string of the molecule is Cc1cn2c(=O)cc(CN3C(=O)CN(Cc4ccccc4)C(=O)[C@H]3C)nc2s1. The van der Waals surface area contributed by atoms with Crippen LogP contribution >= 0.6 is 11.3 Å². The van der Waals surface area contributed by atoms with Gasteiger partial charge in [-0.1, -0.05) is 30.3 Å². The van der Waals surface area contributed by atoms with Crippen molar-refractivity contribution in [2.75, 3.05) is 6.54 Å². The van der Waals surface area contributed by atoms with Gasteiger partial charge in [-0.3, -0.25) is 18.8 Å². The van der Waals surface area contributed by atoms with Crippen molar-refractivity contribution in [2.45, 2.75) is 33.0 Å². The molecule has 0 N–H and O–H groups in total. The maximum Gasteiger partial charge on any atom is 0.258 e. The Labute approximate surface area is 165 Å². The minimum absolute atomic E-state index is 0.0252. The third-order valence-corrected chi connectivity index (χ3v) is 5.77. The Morgan fingerprint density at radius 2 is 1.89 bits per heavy atom. The summed E-state index contributed by atoms with van der Waals surface area (Å²) in [5, 5.41) is 0. The van der Waals surface area contributed by atoms with Crippen LogP contribution < -0.4 is 5.56 Å². The largest absolute Gasteiger partial charge is 0.327 e. The maximum absolute atomic E-state index is 12.8. The van der Waals surface area contributed by atoms with E-state index in [4.69, 9.17) is 0 Å². The molecule has 3 heterocycles. The Bertz CT molecular complexity index is 1110. The first-order valence-electron chi connectivity index (χ1n) is 9.03. The maximum atomic E-state index is 12.8. The highest BCUT2D eigenvalue weighted by atomic mass is 32.1. The third-order valence-electron chi connectivity index (χ3n) is 4.87. The van der Waals surface area contributed by atoms with Crippen LogP contribution in [0, 0.1) is 6.92 Å². The molecule has 2 amide bonds. The molecule has 1 fully saturated rings. The fourth-order valence-corrected chi connectivity index (χ4v) is 4.27. The molecule has 0 bridgehead atoms. The molecule has 1 atom stereocenters. The number of hydrogen-bond acceptors (Lipinski definition) is 5. The zero-order valence-corrected chi connectivity index (χ0v) is 16.5. The van der Waals surface area contributed by atoms with Crippen molar-refractivity contribution in [3.8, 4) is 0 Å². The van der Waals surface area contributed by atoms with Gasteiger partial charge in [-0.2, -0.15) is 0 Å². The Hall–Kier alpha value is -3.00. The lowest BCUT2D eigenvalue weighted by molar-refractivity contribution is -0.156. The molecule has 0 aliphatic carbocycles. The number of thiazole rings is 1. The van der Waals surface area contributed by atoms with Crippen LogP contribution in [0.1, 0.15) is 23.1 Å². The van der Waals surface area contributed by atoms with Crippen LogP contribution in [0.4, 0.5) is 0 Å². The number of aryl methyl sites for hydroxylation is 1. The standard InChI is InChI=1S/C20H20N4O3S/c1-13-9-24-17(25)8-16(21-20(24)28-13)11-23-14(2)19(27)22(12-18(23)26)10-15-6-4-3-5-7-15/h3-9,14H,10-12H2,1-2H3/t14-/m1/s1. The van der Waals surface area contributed by atoms with E-state index in [9.17, 15) is 14.4 Å². The number of rotatable bonds is 4. The topological polar surface area (TPSA) is 75.0 Å². The molecule has 2 aromatic heterocycles. The van der Waals surface area contributed by atoms with Gasteiger partial charge in [0.1, 0.15) is 12.6 Å². The van der Waals surface area contributed by atoms with Crippen molar-refractivity contribution in [1.82, 2.24) is 19.2 Å². The Morgan fingerprint density at radius 1 is 1.14 bits per heavy atom. The minimum Gasteiger partial charge on any atom is -0.327 e. The quantitative estimate of drug-likeness (QED) is 0.674. The van der Waals surface area contributed by atoms with Gasteiger partial charge < -0.3 is 9.80 Å². The van der Waals surface area contributed by atoms with Crippen LogP contribution in [0.3, 0.4) is 0 Å². The fourth-order valence-electron chi connectivity index (χ4n) is 3.42. The lowest BCUT2D eigenvalue weighted by Gasteiger charge is -2.38. The Morgan fingerprint density at radius 3 is 2.64 bits per heavy atom. The summed E-state index contributed by atoms with van der Waals surface area (Å²) in [6.07, 6.45) is 1.75. The summed E-state index contributed by atoms with van der Waals surface area (Å²) in [6, 6.07) is 10.4. The molecule has 144 valence electrons. The van der Waals surface area contributed by atoms with E-state index in [1.807, 2.05) is 37.3 Å². The van der Waals surface area contributed by atoms with E-state index in [2.05, 4.69) is 4.98 Å². The monoisotopic (exact) mass is 396 g/mol. The lowest BCUT2D eigenvalue weighted by Crippen LogP contribution is -2.58. The number of carbonyl (C=O) groups excluding carboxylic acids is 2. The van der Waals surface area contributed by atoms with Crippen molar-refractivity contribution in [2.24, 2.45) is 0 Å². The summed E-state index contributed by atoms with van der Waals surface area (Å²) < 4.78 is 1.50. The molecular formula is C20H20N4O3S. The number of fused-ring (bicyclic) bond motifs is 1. The second-order valence-electron chi connectivity index (χ2n) is 6.96. The lowest BCUT2D eigenvalue weighted by atomic mass is 10.1. The molecule has 0 spiro atoms. The summed E-state index contributed by atoms with van der Waals surface area (Å²) in [5.74, 6) is -0.249. The number of piperazine rings is 1. The molecule has 1 saturated heterocycles. The number of benzene rings is 1. The molecule has 4 rings (SSSR count). The molecule has 28 heavy (non-hydrogen) atoms. The molecular weight excluding hydrogens is 376 g/mol. The number of amides is 2. The molecule has 8 heteroatoms. The number of aromatic nitrogens is 2. The van der Waals surface area contributed by atoms with Gasteiger partial charge >= 0.3 is 0 Å². The molecule has 3 aromatic rings. The molecule has 1 aromatic carbocycles. The first kappa shape index (κ1) is 18.4.